The maximum atomic E-state index is 14.1. The lowest BCUT2D eigenvalue weighted by molar-refractivity contribution is -0.248. The fourth-order valence-electron chi connectivity index (χ4n) is 8.76. The van der Waals surface area contributed by atoms with Gasteiger partial charge in [-0.15, -0.1) is 12.4 Å². The van der Waals surface area contributed by atoms with Crippen molar-refractivity contribution in [3.8, 4) is 0 Å². The molecule has 0 N–H and O–H groups in total. The number of piperidine rings is 1. The van der Waals surface area contributed by atoms with Gasteiger partial charge >= 0.3 is 12.2 Å². The second-order valence-electron chi connectivity index (χ2n) is 13.2. The molecule has 1 aliphatic carbocycles. The Balaban J connectivity index is 0.00000353. The molecule has 4 atom stereocenters. The number of carbonyl (C=O) groups excluding carboxylic acids is 3. The molecule has 5 fully saturated rings. The van der Waals surface area contributed by atoms with Crippen LogP contribution in [-0.2, 0) is 9.59 Å². The number of urea groups is 1. The number of hydrogen-bond donors (Lipinski definition) is 0. The molecule has 1 aromatic rings. The molecule has 5 aliphatic rings. The Morgan fingerprint density at radius 2 is 1.64 bits per heavy atom. The lowest BCUT2D eigenvalue weighted by Crippen LogP contribution is -2.62. The van der Waals surface area contributed by atoms with Crippen molar-refractivity contribution in [1.82, 2.24) is 19.6 Å². The highest BCUT2D eigenvalue weighted by Crippen LogP contribution is 2.55. The van der Waals surface area contributed by atoms with Gasteiger partial charge in [0.1, 0.15) is 11.0 Å². The predicted molar refractivity (Wildman–Crippen MR) is 154 cm³/mol. The number of imide groups is 1. The van der Waals surface area contributed by atoms with E-state index in [4.69, 9.17) is 0 Å². The maximum Gasteiger partial charge on any atom is 0.403 e. The van der Waals surface area contributed by atoms with Gasteiger partial charge in [0.25, 0.3) is 5.91 Å². The van der Waals surface area contributed by atoms with Gasteiger partial charge in [-0.25, -0.2) is 4.79 Å². The van der Waals surface area contributed by atoms with Crippen molar-refractivity contribution in [2.24, 2.45) is 11.3 Å². The first kappa shape index (κ1) is 31.1. The topological polar surface area (TPSA) is 64.2 Å². The number of likely N-dealkylation sites (N-methyl/N-ethyl adjacent to an activating group) is 1. The van der Waals surface area contributed by atoms with Crippen molar-refractivity contribution < 1.29 is 27.6 Å². The number of hydrogen-bond acceptors (Lipinski definition) is 4. The van der Waals surface area contributed by atoms with Crippen molar-refractivity contribution in [3.05, 3.63) is 35.9 Å². The van der Waals surface area contributed by atoms with Gasteiger partial charge in [0.05, 0.1) is 0 Å². The van der Waals surface area contributed by atoms with Crippen LogP contribution in [-0.4, -0.2) is 93.5 Å². The maximum absolute atomic E-state index is 14.1. The zero-order chi connectivity index (χ0) is 29.3. The second-order valence-corrected chi connectivity index (χ2v) is 13.2. The van der Waals surface area contributed by atoms with Gasteiger partial charge in [-0.1, -0.05) is 36.8 Å². The lowest BCUT2D eigenvalue weighted by Gasteiger charge is -2.48. The van der Waals surface area contributed by atoms with Crippen molar-refractivity contribution in [2.75, 3.05) is 26.2 Å². The lowest BCUT2D eigenvalue weighted by atomic mass is 9.67. The molecule has 0 aromatic heterocycles. The Morgan fingerprint density at radius 3 is 2.14 bits per heavy atom. The summed E-state index contributed by atoms with van der Waals surface area (Å²) in [5.74, 6) is -0.924. The van der Waals surface area contributed by atoms with Crippen LogP contribution in [0.5, 0.6) is 0 Å². The van der Waals surface area contributed by atoms with Crippen LogP contribution in [0.3, 0.4) is 0 Å². The van der Waals surface area contributed by atoms with Crippen molar-refractivity contribution in [2.45, 2.75) is 101 Å². The van der Waals surface area contributed by atoms with E-state index in [-0.39, 0.29) is 73.7 Å². The molecular weight excluding hydrogens is 569 g/mol. The van der Waals surface area contributed by atoms with Crippen LogP contribution in [0.4, 0.5) is 18.0 Å². The van der Waals surface area contributed by atoms with Gasteiger partial charge in [0, 0.05) is 50.2 Å². The zero-order valence-electron chi connectivity index (χ0n) is 24.6. The normalized spacial score (nSPS) is 32.6. The zero-order valence-corrected chi connectivity index (χ0v) is 25.4. The van der Waals surface area contributed by atoms with Crippen LogP contribution in [0.25, 0.3) is 0 Å². The van der Waals surface area contributed by atoms with Gasteiger partial charge in [-0.05, 0) is 70.8 Å². The number of nitrogens with zero attached hydrogens (tertiary/aromatic N) is 4. The second kappa shape index (κ2) is 11.0. The number of halogens is 4. The summed E-state index contributed by atoms with van der Waals surface area (Å²) in [5, 5.41) is 0. The van der Waals surface area contributed by atoms with Crippen LogP contribution >= 0.6 is 12.4 Å². The number of amides is 4. The quantitative estimate of drug-likeness (QED) is 0.403. The number of fused-ring (bicyclic) bond motifs is 2. The van der Waals surface area contributed by atoms with Crippen LogP contribution in [0, 0.1) is 11.3 Å². The minimum absolute atomic E-state index is 0. The third-order valence-electron chi connectivity index (χ3n) is 10.9. The van der Waals surface area contributed by atoms with Crippen LogP contribution in [0.2, 0.25) is 0 Å². The minimum Gasteiger partial charge on any atom is -0.341 e. The smallest absolute Gasteiger partial charge is 0.341 e. The third kappa shape index (κ3) is 4.54. The highest BCUT2D eigenvalue weighted by Gasteiger charge is 2.66. The molecule has 4 aliphatic heterocycles. The molecule has 6 rings (SSSR count). The Morgan fingerprint density at radius 1 is 1.02 bits per heavy atom. The van der Waals surface area contributed by atoms with Crippen molar-refractivity contribution >= 4 is 30.3 Å². The van der Waals surface area contributed by atoms with Gasteiger partial charge in [-0.3, -0.25) is 19.4 Å². The predicted octanol–water partition coefficient (Wildman–Crippen LogP) is 5.44. The molecule has 1 saturated carbocycles. The molecule has 0 radical (unpaired) electrons. The van der Waals surface area contributed by atoms with Crippen LogP contribution < -0.4 is 0 Å². The fourth-order valence-corrected chi connectivity index (χ4v) is 8.76. The highest BCUT2D eigenvalue weighted by molar-refractivity contribution is 6.07. The first-order chi connectivity index (χ1) is 19.4. The van der Waals surface area contributed by atoms with E-state index in [2.05, 4.69) is 4.90 Å². The fraction of sp³-hybridized carbons (Fsp3) is 0.710. The molecule has 1 aromatic carbocycles. The van der Waals surface area contributed by atoms with E-state index in [9.17, 15) is 27.6 Å². The summed E-state index contributed by atoms with van der Waals surface area (Å²) in [6.07, 6.45) is -1.37. The molecule has 4 saturated heterocycles. The Bertz CT molecular complexity index is 1190. The summed E-state index contributed by atoms with van der Waals surface area (Å²) in [6.45, 7) is 7.37. The summed E-state index contributed by atoms with van der Waals surface area (Å²) >= 11 is 0. The Hall–Kier alpha value is -2.33. The summed E-state index contributed by atoms with van der Waals surface area (Å²) in [7, 11) is 0. The van der Waals surface area contributed by atoms with E-state index >= 15 is 0 Å². The van der Waals surface area contributed by atoms with E-state index in [1.54, 1.807) is 4.90 Å². The molecule has 2 unspecified atom stereocenters. The molecule has 42 heavy (non-hydrogen) atoms. The molecule has 4 amide bonds. The van der Waals surface area contributed by atoms with E-state index < -0.39 is 23.0 Å². The standard InChI is InChI=1S/C31H41F3N4O3.ClH/c1-4-36-27(40)30(38(20(2)3)28(36)41)15-23-11-12-24(16-30)37(23)18-22-17-35(19-25(22)21-9-6-5-7-10-21)26(39)29(13-8-14-29)31(32,33)34;/h5-7,9-10,20,22-25H,4,8,11-19H2,1-3H3;1H/t22-,23?,24?,25-,30?;/m1./s1. The summed E-state index contributed by atoms with van der Waals surface area (Å²) in [4.78, 5) is 47.5. The Labute approximate surface area is 252 Å². The van der Waals surface area contributed by atoms with E-state index in [1.807, 2.05) is 51.1 Å². The molecular formula is C31H42ClF3N4O3. The summed E-state index contributed by atoms with van der Waals surface area (Å²) in [6, 6.07) is 9.74. The molecule has 7 nitrogen and oxygen atoms in total. The minimum atomic E-state index is -4.54. The summed E-state index contributed by atoms with van der Waals surface area (Å²) < 4.78 is 42.3. The van der Waals surface area contributed by atoms with Crippen LogP contribution in [0.15, 0.2) is 30.3 Å². The molecule has 2 bridgehead atoms. The van der Waals surface area contributed by atoms with Gasteiger partial charge in [-0.2, -0.15) is 13.2 Å². The van der Waals surface area contributed by atoms with E-state index in [1.165, 1.54) is 9.80 Å². The van der Waals surface area contributed by atoms with Gasteiger partial charge in [0.2, 0.25) is 5.91 Å². The number of carbonyl (C=O) groups is 3. The SMILES string of the molecule is CCN1C(=O)N(C(C)C)C2(CC3CCC(C2)N3C[C@H]2CN(C(=O)C3(C(F)(F)F)CCC3)C[C@@H]2c2ccccc2)C1=O.Cl. The largest absolute Gasteiger partial charge is 0.403 e. The van der Waals surface area contributed by atoms with E-state index in [0.717, 1.165) is 18.4 Å². The first-order valence-electron chi connectivity index (χ1n) is 15.3. The Kier molecular flexibility index (Phi) is 8.14. The van der Waals surface area contributed by atoms with Crippen LogP contribution in [0.1, 0.15) is 77.2 Å². The highest BCUT2D eigenvalue weighted by atomic mass is 35.5. The number of alkyl halides is 3. The molecule has 232 valence electrons. The monoisotopic (exact) mass is 610 g/mol. The molecule has 4 heterocycles. The number of likely N-dealkylation sites (tertiary alicyclic amines) is 1. The van der Waals surface area contributed by atoms with E-state index in [0.29, 0.717) is 38.9 Å². The average molecular weight is 611 g/mol. The van der Waals surface area contributed by atoms with Crippen molar-refractivity contribution in [3.63, 3.8) is 0 Å². The summed E-state index contributed by atoms with van der Waals surface area (Å²) in [5.41, 5.74) is -2.02. The number of rotatable bonds is 6. The van der Waals surface area contributed by atoms with Gasteiger partial charge in [0.15, 0.2) is 0 Å². The molecule has 11 heteroatoms. The first-order valence-corrected chi connectivity index (χ1v) is 15.3. The van der Waals surface area contributed by atoms with Gasteiger partial charge < -0.3 is 9.80 Å². The molecule has 1 spiro atoms. The average Bonchev–Trinajstić information content (AvgIpc) is 3.47. The third-order valence-corrected chi connectivity index (χ3v) is 10.9. The number of benzene rings is 1. The van der Waals surface area contributed by atoms with Crippen molar-refractivity contribution in [1.29, 1.82) is 0 Å².